The van der Waals surface area contributed by atoms with E-state index in [9.17, 15) is 4.79 Å². The predicted octanol–water partition coefficient (Wildman–Crippen LogP) is 3.75. The van der Waals surface area contributed by atoms with Crippen molar-refractivity contribution in [2.45, 2.75) is 51.9 Å². The maximum atomic E-state index is 12.0. The summed E-state index contributed by atoms with van der Waals surface area (Å²) in [6.45, 7) is 4.41. The minimum Gasteiger partial charge on any atom is -0.326 e. The Morgan fingerprint density at radius 1 is 1.24 bits per heavy atom. The molecule has 2 N–H and O–H groups in total. The summed E-state index contributed by atoms with van der Waals surface area (Å²) in [6, 6.07) is 8.29. The Morgan fingerprint density at radius 3 is 2.62 bits per heavy atom. The molecule has 0 saturated carbocycles. The molecule has 0 spiro atoms. The summed E-state index contributed by atoms with van der Waals surface area (Å²) in [5, 5.41) is 6.37. The van der Waals surface area contributed by atoms with Crippen LogP contribution in [0.4, 0.5) is 5.69 Å². The van der Waals surface area contributed by atoms with Crippen molar-refractivity contribution in [1.82, 2.24) is 5.32 Å². The van der Waals surface area contributed by atoms with Crippen molar-refractivity contribution in [2.24, 2.45) is 5.92 Å². The monoisotopic (exact) mass is 288 g/mol. The number of benzene rings is 1. The van der Waals surface area contributed by atoms with Crippen LogP contribution in [-0.2, 0) is 11.2 Å². The molecule has 0 atom stereocenters. The number of aryl methyl sites for hydroxylation is 1. The molecule has 1 aliphatic rings. The Hall–Kier alpha value is -1.35. The minimum atomic E-state index is 0.148. The molecule has 0 unspecified atom stereocenters. The normalized spacial score (nSPS) is 15.9. The molecular formula is C18H28N2O. The van der Waals surface area contributed by atoms with Gasteiger partial charge in [0.05, 0.1) is 0 Å². The van der Waals surface area contributed by atoms with Crippen molar-refractivity contribution in [1.29, 1.82) is 0 Å². The summed E-state index contributed by atoms with van der Waals surface area (Å²) < 4.78 is 0. The molecule has 2 rings (SSSR count). The standard InChI is InChI=1S/C18H28N2O/c1-2-3-4-15-5-8-17(9-6-15)20-18(21)10-7-16-11-13-19-14-12-16/h5-6,8-9,16,19H,2-4,7,10-14H2,1H3,(H,20,21). The number of hydrogen-bond donors (Lipinski definition) is 2. The SMILES string of the molecule is CCCCc1ccc(NC(=O)CCC2CCNCC2)cc1. The molecule has 1 aromatic carbocycles. The second-order valence-corrected chi connectivity index (χ2v) is 6.08. The minimum absolute atomic E-state index is 0.148. The fraction of sp³-hybridized carbons (Fsp3) is 0.611. The van der Waals surface area contributed by atoms with Gasteiger partial charge >= 0.3 is 0 Å². The first-order chi connectivity index (χ1) is 10.3. The number of amides is 1. The number of piperidine rings is 1. The van der Waals surface area contributed by atoms with Crippen LogP contribution >= 0.6 is 0 Å². The molecule has 0 aliphatic carbocycles. The van der Waals surface area contributed by atoms with Gasteiger partial charge in [-0.25, -0.2) is 0 Å². The average molecular weight is 288 g/mol. The molecule has 0 aromatic heterocycles. The summed E-state index contributed by atoms with van der Waals surface area (Å²) >= 11 is 0. The van der Waals surface area contributed by atoms with Crippen LogP contribution in [0.2, 0.25) is 0 Å². The van der Waals surface area contributed by atoms with Crippen LogP contribution in [-0.4, -0.2) is 19.0 Å². The van der Waals surface area contributed by atoms with Crippen LogP contribution < -0.4 is 10.6 Å². The average Bonchev–Trinajstić information content (AvgIpc) is 2.53. The molecule has 0 radical (unpaired) electrons. The number of carbonyl (C=O) groups excluding carboxylic acids is 1. The van der Waals surface area contributed by atoms with Crippen molar-refractivity contribution < 1.29 is 4.79 Å². The van der Waals surface area contributed by atoms with Gasteiger partial charge in [-0.2, -0.15) is 0 Å². The summed E-state index contributed by atoms with van der Waals surface area (Å²) in [5.41, 5.74) is 2.27. The fourth-order valence-corrected chi connectivity index (χ4v) is 2.86. The van der Waals surface area contributed by atoms with E-state index < -0.39 is 0 Å². The van der Waals surface area contributed by atoms with Crippen molar-refractivity contribution in [3.05, 3.63) is 29.8 Å². The van der Waals surface area contributed by atoms with E-state index in [-0.39, 0.29) is 5.91 Å². The van der Waals surface area contributed by atoms with Crippen LogP contribution in [0.5, 0.6) is 0 Å². The van der Waals surface area contributed by atoms with Gasteiger partial charge in [-0.3, -0.25) is 4.79 Å². The maximum Gasteiger partial charge on any atom is 0.224 e. The highest BCUT2D eigenvalue weighted by atomic mass is 16.1. The van der Waals surface area contributed by atoms with E-state index in [1.54, 1.807) is 0 Å². The predicted molar refractivity (Wildman–Crippen MR) is 88.5 cm³/mol. The van der Waals surface area contributed by atoms with Gasteiger partial charge in [-0.05, 0) is 68.8 Å². The third-order valence-corrected chi connectivity index (χ3v) is 4.30. The topological polar surface area (TPSA) is 41.1 Å². The molecule has 1 aliphatic heterocycles. The van der Waals surface area contributed by atoms with Gasteiger partial charge in [0.25, 0.3) is 0 Å². The van der Waals surface area contributed by atoms with E-state index >= 15 is 0 Å². The Morgan fingerprint density at radius 2 is 1.95 bits per heavy atom. The van der Waals surface area contributed by atoms with E-state index in [1.807, 2.05) is 12.1 Å². The molecule has 116 valence electrons. The van der Waals surface area contributed by atoms with Crippen LogP contribution in [0.3, 0.4) is 0 Å². The number of carbonyl (C=O) groups is 1. The van der Waals surface area contributed by atoms with E-state index in [1.165, 1.54) is 31.2 Å². The molecule has 21 heavy (non-hydrogen) atoms. The number of rotatable bonds is 7. The molecule has 0 bridgehead atoms. The molecular weight excluding hydrogens is 260 g/mol. The number of anilines is 1. The third-order valence-electron chi connectivity index (χ3n) is 4.30. The second-order valence-electron chi connectivity index (χ2n) is 6.08. The molecule has 3 heteroatoms. The maximum absolute atomic E-state index is 12.0. The van der Waals surface area contributed by atoms with E-state index in [0.717, 1.165) is 31.6 Å². The van der Waals surface area contributed by atoms with Crippen molar-refractivity contribution in [3.63, 3.8) is 0 Å². The summed E-state index contributed by atoms with van der Waals surface area (Å²) in [5.74, 6) is 0.864. The first kappa shape index (κ1) is 16.0. The van der Waals surface area contributed by atoms with E-state index in [2.05, 4.69) is 29.7 Å². The van der Waals surface area contributed by atoms with Crippen LogP contribution in [0.25, 0.3) is 0 Å². The van der Waals surface area contributed by atoms with Gasteiger partial charge in [-0.15, -0.1) is 0 Å². The van der Waals surface area contributed by atoms with Crippen LogP contribution in [0, 0.1) is 5.92 Å². The molecule has 1 fully saturated rings. The first-order valence-electron chi connectivity index (χ1n) is 8.37. The van der Waals surface area contributed by atoms with Crippen molar-refractivity contribution in [2.75, 3.05) is 18.4 Å². The van der Waals surface area contributed by atoms with Crippen molar-refractivity contribution in [3.8, 4) is 0 Å². The van der Waals surface area contributed by atoms with Gasteiger partial charge in [0.15, 0.2) is 0 Å². The zero-order valence-corrected chi connectivity index (χ0v) is 13.2. The largest absolute Gasteiger partial charge is 0.326 e. The Kier molecular flexibility index (Phi) is 6.74. The molecule has 1 saturated heterocycles. The van der Waals surface area contributed by atoms with Gasteiger partial charge in [0, 0.05) is 12.1 Å². The molecule has 1 aromatic rings. The smallest absolute Gasteiger partial charge is 0.224 e. The highest BCUT2D eigenvalue weighted by molar-refractivity contribution is 5.90. The lowest BCUT2D eigenvalue weighted by Crippen LogP contribution is -2.28. The zero-order valence-electron chi connectivity index (χ0n) is 13.2. The number of nitrogens with one attached hydrogen (secondary N) is 2. The lowest BCUT2D eigenvalue weighted by Gasteiger charge is -2.22. The van der Waals surface area contributed by atoms with E-state index in [4.69, 9.17) is 0 Å². The number of hydrogen-bond acceptors (Lipinski definition) is 2. The Balaban J connectivity index is 1.71. The Bertz CT molecular complexity index is 421. The highest BCUT2D eigenvalue weighted by Crippen LogP contribution is 2.18. The van der Waals surface area contributed by atoms with Gasteiger partial charge in [0.2, 0.25) is 5.91 Å². The summed E-state index contributed by atoms with van der Waals surface area (Å²) in [4.78, 5) is 12.0. The van der Waals surface area contributed by atoms with Gasteiger partial charge in [0.1, 0.15) is 0 Å². The highest BCUT2D eigenvalue weighted by Gasteiger charge is 2.14. The quantitative estimate of drug-likeness (QED) is 0.802. The molecule has 1 amide bonds. The van der Waals surface area contributed by atoms with Crippen molar-refractivity contribution >= 4 is 11.6 Å². The van der Waals surface area contributed by atoms with Crippen LogP contribution in [0.15, 0.2) is 24.3 Å². The number of unbranched alkanes of at least 4 members (excludes halogenated alkanes) is 1. The zero-order chi connectivity index (χ0) is 14.9. The molecule has 1 heterocycles. The lowest BCUT2D eigenvalue weighted by atomic mass is 9.93. The second kappa shape index (κ2) is 8.83. The summed E-state index contributed by atoms with van der Waals surface area (Å²) in [6.07, 6.45) is 7.64. The lowest BCUT2D eigenvalue weighted by molar-refractivity contribution is -0.116. The fourth-order valence-electron chi connectivity index (χ4n) is 2.86. The van der Waals surface area contributed by atoms with E-state index in [0.29, 0.717) is 12.3 Å². The Labute approximate surface area is 128 Å². The van der Waals surface area contributed by atoms with Crippen LogP contribution in [0.1, 0.15) is 51.0 Å². The molecule has 3 nitrogen and oxygen atoms in total. The third kappa shape index (κ3) is 5.88. The summed E-state index contributed by atoms with van der Waals surface area (Å²) in [7, 11) is 0. The first-order valence-corrected chi connectivity index (χ1v) is 8.37. The van der Waals surface area contributed by atoms with Gasteiger partial charge in [-0.1, -0.05) is 25.5 Å². The van der Waals surface area contributed by atoms with Gasteiger partial charge < -0.3 is 10.6 Å².